The number of aromatic nitrogens is 2. The van der Waals surface area contributed by atoms with Gasteiger partial charge in [-0.05, 0) is 34.6 Å². The van der Waals surface area contributed by atoms with Crippen LogP contribution in [0.5, 0.6) is 0 Å². The zero-order chi connectivity index (χ0) is 17.2. The van der Waals surface area contributed by atoms with Gasteiger partial charge in [-0.3, -0.25) is 10.1 Å². The number of carbonyl (C=O) groups excluding carboxylic acids is 1. The molecule has 1 aromatic carbocycles. The van der Waals surface area contributed by atoms with Crippen molar-refractivity contribution in [1.82, 2.24) is 10.2 Å². The van der Waals surface area contributed by atoms with E-state index in [1.807, 2.05) is 29.6 Å². The standard InChI is InChI=1S/C18H19N3O2S/c1-18(2,3)13-8-6-12(7-9-13)16(22)19-17-21-20-15(23-17)11-14-5-4-10-24-14/h4-10H,11H2,1-3H3,(H,19,21,22). The van der Waals surface area contributed by atoms with Gasteiger partial charge in [0, 0.05) is 10.4 Å². The first-order chi connectivity index (χ1) is 11.4. The summed E-state index contributed by atoms with van der Waals surface area (Å²) < 4.78 is 5.48. The Balaban J connectivity index is 1.65. The lowest BCUT2D eigenvalue weighted by atomic mass is 9.87. The Morgan fingerprint density at radius 3 is 2.54 bits per heavy atom. The molecule has 1 N–H and O–H groups in total. The van der Waals surface area contributed by atoms with Crippen molar-refractivity contribution in [2.45, 2.75) is 32.6 Å². The monoisotopic (exact) mass is 341 g/mol. The molecular formula is C18H19N3O2S. The number of carbonyl (C=O) groups is 1. The number of nitrogens with zero attached hydrogens (tertiary/aromatic N) is 2. The van der Waals surface area contributed by atoms with E-state index in [0.717, 1.165) is 4.88 Å². The summed E-state index contributed by atoms with van der Waals surface area (Å²) in [7, 11) is 0. The Kier molecular flexibility index (Phi) is 4.49. The molecule has 0 aliphatic carbocycles. The van der Waals surface area contributed by atoms with Crippen LogP contribution in [0.2, 0.25) is 0 Å². The molecule has 3 rings (SSSR count). The first-order valence-corrected chi connectivity index (χ1v) is 8.56. The molecule has 0 atom stereocenters. The van der Waals surface area contributed by atoms with Crippen LogP contribution in [0.25, 0.3) is 0 Å². The van der Waals surface area contributed by atoms with E-state index in [1.54, 1.807) is 23.5 Å². The van der Waals surface area contributed by atoms with Gasteiger partial charge in [-0.25, -0.2) is 0 Å². The van der Waals surface area contributed by atoms with E-state index in [0.29, 0.717) is 17.9 Å². The lowest BCUT2D eigenvalue weighted by Crippen LogP contribution is -2.14. The van der Waals surface area contributed by atoms with Crippen LogP contribution in [0.3, 0.4) is 0 Å². The van der Waals surface area contributed by atoms with Crippen molar-refractivity contribution < 1.29 is 9.21 Å². The summed E-state index contributed by atoms with van der Waals surface area (Å²) in [6, 6.07) is 11.6. The summed E-state index contributed by atoms with van der Waals surface area (Å²) in [6.45, 7) is 6.40. The number of rotatable bonds is 4. The Morgan fingerprint density at radius 1 is 1.17 bits per heavy atom. The highest BCUT2D eigenvalue weighted by molar-refractivity contribution is 7.09. The molecule has 24 heavy (non-hydrogen) atoms. The minimum Gasteiger partial charge on any atom is -0.407 e. The fourth-order valence-electron chi connectivity index (χ4n) is 2.23. The Hall–Kier alpha value is -2.47. The van der Waals surface area contributed by atoms with Crippen LogP contribution in [0.4, 0.5) is 6.01 Å². The van der Waals surface area contributed by atoms with Crippen LogP contribution in [0, 0.1) is 0 Å². The summed E-state index contributed by atoms with van der Waals surface area (Å²) in [5.74, 6) is 0.220. The Labute approximate surface area is 144 Å². The molecule has 2 aromatic heterocycles. The van der Waals surface area contributed by atoms with Gasteiger partial charge >= 0.3 is 6.01 Å². The minimum absolute atomic E-state index is 0.0538. The average Bonchev–Trinajstić information content (AvgIpc) is 3.19. The third-order valence-electron chi connectivity index (χ3n) is 3.61. The van der Waals surface area contributed by atoms with Gasteiger partial charge in [-0.15, -0.1) is 16.4 Å². The summed E-state index contributed by atoms with van der Waals surface area (Å²) in [4.78, 5) is 13.4. The topological polar surface area (TPSA) is 68.0 Å². The normalized spacial score (nSPS) is 11.5. The number of amides is 1. The molecule has 0 spiro atoms. The second-order valence-corrected chi connectivity index (χ2v) is 7.57. The Bertz CT molecular complexity index is 815. The quantitative estimate of drug-likeness (QED) is 0.769. The molecule has 124 valence electrons. The molecule has 0 aliphatic heterocycles. The Morgan fingerprint density at radius 2 is 1.92 bits per heavy atom. The predicted octanol–water partition coefficient (Wildman–Crippen LogP) is 4.27. The highest BCUT2D eigenvalue weighted by Gasteiger charge is 2.16. The largest absolute Gasteiger partial charge is 0.407 e. The number of anilines is 1. The highest BCUT2D eigenvalue weighted by atomic mass is 32.1. The second-order valence-electron chi connectivity index (χ2n) is 6.54. The van der Waals surface area contributed by atoms with Crippen molar-refractivity contribution >= 4 is 23.3 Å². The number of hydrogen-bond donors (Lipinski definition) is 1. The highest BCUT2D eigenvalue weighted by Crippen LogP contribution is 2.22. The van der Waals surface area contributed by atoms with Gasteiger partial charge in [-0.2, -0.15) is 0 Å². The summed E-state index contributed by atoms with van der Waals surface area (Å²) in [5.41, 5.74) is 1.79. The number of nitrogens with one attached hydrogen (secondary N) is 1. The van der Waals surface area contributed by atoms with Crippen molar-refractivity contribution in [3.05, 3.63) is 63.7 Å². The molecule has 2 heterocycles. The van der Waals surface area contributed by atoms with Crippen LogP contribution in [0.15, 0.2) is 46.2 Å². The maximum atomic E-state index is 12.3. The van der Waals surface area contributed by atoms with Gasteiger partial charge < -0.3 is 4.42 Å². The predicted molar refractivity (Wildman–Crippen MR) is 94.5 cm³/mol. The average molecular weight is 341 g/mol. The fourth-order valence-corrected chi connectivity index (χ4v) is 2.92. The van der Waals surface area contributed by atoms with Crippen molar-refractivity contribution in [3.63, 3.8) is 0 Å². The molecule has 0 fully saturated rings. The van der Waals surface area contributed by atoms with Crippen molar-refractivity contribution in [2.75, 3.05) is 5.32 Å². The zero-order valence-electron chi connectivity index (χ0n) is 13.9. The van der Waals surface area contributed by atoms with E-state index in [9.17, 15) is 4.79 Å². The molecule has 0 radical (unpaired) electrons. The van der Waals surface area contributed by atoms with Crippen LogP contribution >= 0.6 is 11.3 Å². The summed E-state index contributed by atoms with van der Waals surface area (Å²) in [5, 5.41) is 12.5. The molecule has 0 saturated carbocycles. The van der Waals surface area contributed by atoms with E-state index in [2.05, 4.69) is 36.3 Å². The molecule has 6 heteroatoms. The van der Waals surface area contributed by atoms with E-state index in [4.69, 9.17) is 4.42 Å². The summed E-state index contributed by atoms with van der Waals surface area (Å²) in [6.07, 6.45) is 0.570. The SMILES string of the molecule is CC(C)(C)c1ccc(C(=O)Nc2nnc(Cc3cccs3)o2)cc1. The molecule has 0 saturated heterocycles. The molecule has 5 nitrogen and oxygen atoms in total. The van der Waals surface area contributed by atoms with Crippen molar-refractivity contribution in [3.8, 4) is 0 Å². The van der Waals surface area contributed by atoms with Crippen LogP contribution < -0.4 is 5.32 Å². The second kappa shape index (κ2) is 6.57. The van der Waals surface area contributed by atoms with Gasteiger partial charge in [0.15, 0.2) is 0 Å². The maximum absolute atomic E-state index is 12.3. The van der Waals surface area contributed by atoms with E-state index in [-0.39, 0.29) is 17.3 Å². The number of hydrogen-bond acceptors (Lipinski definition) is 5. The van der Waals surface area contributed by atoms with Gasteiger partial charge in [-0.1, -0.05) is 44.1 Å². The van der Waals surface area contributed by atoms with Gasteiger partial charge in [0.1, 0.15) is 0 Å². The smallest absolute Gasteiger partial charge is 0.322 e. The molecule has 1 amide bonds. The third kappa shape index (κ3) is 3.89. The molecule has 0 aliphatic rings. The van der Waals surface area contributed by atoms with E-state index >= 15 is 0 Å². The lowest BCUT2D eigenvalue weighted by molar-refractivity contribution is 0.102. The lowest BCUT2D eigenvalue weighted by Gasteiger charge is -2.18. The van der Waals surface area contributed by atoms with Crippen LogP contribution in [0.1, 0.15) is 47.5 Å². The van der Waals surface area contributed by atoms with Gasteiger partial charge in [0.2, 0.25) is 5.89 Å². The van der Waals surface area contributed by atoms with E-state index in [1.165, 1.54) is 5.56 Å². The number of thiophene rings is 1. The first kappa shape index (κ1) is 16.4. The molecule has 0 unspecified atom stereocenters. The minimum atomic E-state index is -0.262. The van der Waals surface area contributed by atoms with E-state index < -0.39 is 0 Å². The molecule has 0 bridgehead atoms. The third-order valence-corrected chi connectivity index (χ3v) is 4.48. The molecule has 3 aromatic rings. The van der Waals surface area contributed by atoms with Crippen molar-refractivity contribution in [2.24, 2.45) is 0 Å². The van der Waals surface area contributed by atoms with Gasteiger partial charge in [0.25, 0.3) is 5.91 Å². The van der Waals surface area contributed by atoms with Gasteiger partial charge in [0.05, 0.1) is 6.42 Å². The van der Waals surface area contributed by atoms with Crippen LogP contribution in [-0.4, -0.2) is 16.1 Å². The molecular weight excluding hydrogens is 322 g/mol. The first-order valence-electron chi connectivity index (χ1n) is 7.68. The maximum Gasteiger partial charge on any atom is 0.322 e. The number of benzene rings is 1. The zero-order valence-corrected chi connectivity index (χ0v) is 14.7. The summed E-state index contributed by atoms with van der Waals surface area (Å²) >= 11 is 1.63. The fraction of sp³-hybridized carbons (Fsp3) is 0.278. The van der Waals surface area contributed by atoms with Crippen molar-refractivity contribution in [1.29, 1.82) is 0 Å². The van der Waals surface area contributed by atoms with Crippen LogP contribution in [-0.2, 0) is 11.8 Å².